The van der Waals surface area contributed by atoms with Gasteiger partial charge >= 0.3 is 0 Å². The number of rotatable bonds is 8. The summed E-state index contributed by atoms with van der Waals surface area (Å²) in [4.78, 5) is 19.7. The topological polar surface area (TPSA) is 61.2 Å². The highest BCUT2D eigenvalue weighted by atomic mass is 16.5. The van der Waals surface area contributed by atoms with Crippen LogP contribution < -0.4 is 5.32 Å². The lowest BCUT2D eigenvalue weighted by Gasteiger charge is -2.35. The minimum atomic E-state index is 0.0456. The van der Waals surface area contributed by atoms with Gasteiger partial charge in [-0.3, -0.25) is 19.5 Å². The van der Waals surface area contributed by atoms with Gasteiger partial charge in [-0.1, -0.05) is 30.3 Å². The van der Waals surface area contributed by atoms with Gasteiger partial charge in [-0.05, 0) is 24.6 Å². The lowest BCUT2D eigenvalue weighted by Crippen LogP contribution is -2.50. The fourth-order valence-corrected chi connectivity index (χ4v) is 4.35. The molecule has 1 N–H and O–H groups in total. The van der Waals surface area contributed by atoms with Crippen molar-refractivity contribution in [3.63, 3.8) is 0 Å². The molecule has 2 aromatic rings. The summed E-state index contributed by atoms with van der Waals surface area (Å²) in [5, 5.41) is 3.15. The van der Waals surface area contributed by atoms with Gasteiger partial charge in [-0.25, -0.2) is 0 Å². The first-order valence-corrected chi connectivity index (χ1v) is 11.3. The van der Waals surface area contributed by atoms with E-state index in [1.165, 1.54) is 5.56 Å². The molecule has 31 heavy (non-hydrogen) atoms. The molecule has 0 aliphatic carbocycles. The van der Waals surface area contributed by atoms with Crippen LogP contribution in [0.2, 0.25) is 0 Å². The molecule has 7 nitrogen and oxygen atoms in total. The predicted molar refractivity (Wildman–Crippen MR) is 120 cm³/mol. The van der Waals surface area contributed by atoms with Gasteiger partial charge in [0.15, 0.2) is 0 Å². The Morgan fingerprint density at radius 1 is 0.968 bits per heavy atom. The number of morpholine rings is 1. The van der Waals surface area contributed by atoms with E-state index in [-0.39, 0.29) is 11.9 Å². The minimum Gasteiger partial charge on any atom is -0.465 e. The van der Waals surface area contributed by atoms with E-state index < -0.39 is 0 Å². The average molecular weight is 427 g/mol. The van der Waals surface area contributed by atoms with Gasteiger partial charge in [-0.2, -0.15) is 0 Å². The first kappa shape index (κ1) is 22.0. The van der Waals surface area contributed by atoms with E-state index in [9.17, 15) is 4.79 Å². The van der Waals surface area contributed by atoms with Crippen LogP contribution in [0.4, 0.5) is 0 Å². The van der Waals surface area contributed by atoms with Crippen molar-refractivity contribution in [3.8, 4) is 0 Å². The van der Waals surface area contributed by atoms with Gasteiger partial charge in [0.05, 0.1) is 25.8 Å². The number of furan rings is 1. The van der Waals surface area contributed by atoms with Crippen LogP contribution in [0.15, 0.2) is 46.9 Å². The van der Waals surface area contributed by atoms with Crippen LogP contribution in [0, 0.1) is 6.92 Å². The molecule has 2 aliphatic rings. The highest BCUT2D eigenvalue weighted by Crippen LogP contribution is 2.23. The van der Waals surface area contributed by atoms with Crippen LogP contribution in [0.3, 0.4) is 0 Å². The van der Waals surface area contributed by atoms with Crippen molar-refractivity contribution in [1.82, 2.24) is 20.0 Å². The summed E-state index contributed by atoms with van der Waals surface area (Å²) in [5.74, 6) is 1.89. The normalized spacial score (nSPS) is 19.9. The fourth-order valence-electron chi connectivity index (χ4n) is 4.35. The standard InChI is InChI=1S/C24H34N4O3/c1-20-7-8-23(31-20)22(28-13-15-30-16-14-28)17-25-24(29)19-27-11-9-26(10-12-27)18-21-5-3-2-4-6-21/h2-8,22H,9-19H2,1H3,(H,25,29). The molecule has 2 fully saturated rings. The van der Waals surface area contributed by atoms with E-state index >= 15 is 0 Å². The van der Waals surface area contributed by atoms with Crippen molar-refractivity contribution in [3.05, 3.63) is 59.5 Å². The minimum absolute atomic E-state index is 0.0456. The zero-order chi connectivity index (χ0) is 21.5. The summed E-state index contributed by atoms with van der Waals surface area (Å²) >= 11 is 0. The lowest BCUT2D eigenvalue weighted by atomic mass is 10.1. The monoisotopic (exact) mass is 426 g/mol. The third-order valence-corrected chi connectivity index (χ3v) is 6.15. The smallest absolute Gasteiger partial charge is 0.234 e. The molecule has 2 aliphatic heterocycles. The molecule has 1 amide bonds. The number of carbonyl (C=O) groups excluding carboxylic acids is 1. The Balaban J connectivity index is 1.23. The third-order valence-electron chi connectivity index (χ3n) is 6.15. The summed E-state index contributed by atoms with van der Waals surface area (Å²) in [6, 6.07) is 14.6. The zero-order valence-corrected chi connectivity index (χ0v) is 18.5. The molecule has 2 saturated heterocycles. The highest BCUT2D eigenvalue weighted by Gasteiger charge is 2.26. The number of hydrogen-bond donors (Lipinski definition) is 1. The van der Waals surface area contributed by atoms with E-state index in [1.807, 2.05) is 19.1 Å². The van der Waals surface area contributed by atoms with Gasteiger partial charge in [0.2, 0.25) is 5.91 Å². The maximum atomic E-state index is 12.7. The predicted octanol–water partition coefficient (Wildman–Crippen LogP) is 1.90. The molecule has 4 rings (SSSR count). The summed E-state index contributed by atoms with van der Waals surface area (Å²) in [7, 11) is 0. The maximum absolute atomic E-state index is 12.7. The molecule has 0 spiro atoms. The number of ether oxygens (including phenoxy) is 1. The molecular formula is C24H34N4O3. The van der Waals surface area contributed by atoms with Crippen molar-refractivity contribution in [1.29, 1.82) is 0 Å². The highest BCUT2D eigenvalue weighted by molar-refractivity contribution is 5.78. The molecule has 1 unspecified atom stereocenters. The second-order valence-electron chi connectivity index (χ2n) is 8.45. The van der Waals surface area contributed by atoms with E-state index in [1.54, 1.807) is 0 Å². The summed E-state index contributed by atoms with van der Waals surface area (Å²) in [5.41, 5.74) is 1.34. The van der Waals surface area contributed by atoms with Crippen LogP contribution in [-0.2, 0) is 16.1 Å². The lowest BCUT2D eigenvalue weighted by molar-refractivity contribution is -0.123. The molecule has 1 aromatic carbocycles. The fraction of sp³-hybridized carbons (Fsp3) is 0.542. The van der Waals surface area contributed by atoms with Gasteiger partial charge < -0.3 is 14.5 Å². The van der Waals surface area contributed by atoms with Crippen LogP contribution in [0.25, 0.3) is 0 Å². The molecule has 0 radical (unpaired) electrons. The molecule has 3 heterocycles. The molecule has 1 aromatic heterocycles. The zero-order valence-electron chi connectivity index (χ0n) is 18.5. The summed E-state index contributed by atoms with van der Waals surface area (Å²) in [6.07, 6.45) is 0. The molecule has 0 bridgehead atoms. The quantitative estimate of drug-likeness (QED) is 0.696. The Labute approximate surface area is 184 Å². The van der Waals surface area contributed by atoms with E-state index in [2.05, 4.69) is 50.3 Å². The van der Waals surface area contributed by atoms with Crippen LogP contribution in [0.1, 0.15) is 23.1 Å². The van der Waals surface area contributed by atoms with Crippen LogP contribution in [0.5, 0.6) is 0 Å². The van der Waals surface area contributed by atoms with Crippen molar-refractivity contribution < 1.29 is 13.9 Å². The van der Waals surface area contributed by atoms with E-state index in [4.69, 9.17) is 9.15 Å². The average Bonchev–Trinajstić information content (AvgIpc) is 3.23. The number of aryl methyl sites for hydroxylation is 1. The number of nitrogens with zero attached hydrogens (tertiary/aromatic N) is 3. The Morgan fingerprint density at radius 3 is 2.35 bits per heavy atom. The first-order chi connectivity index (χ1) is 15.2. The van der Waals surface area contributed by atoms with E-state index in [0.29, 0.717) is 13.1 Å². The number of amides is 1. The Bertz CT molecular complexity index is 811. The van der Waals surface area contributed by atoms with Crippen molar-refractivity contribution in [2.45, 2.75) is 19.5 Å². The first-order valence-electron chi connectivity index (χ1n) is 11.3. The van der Waals surface area contributed by atoms with Crippen molar-refractivity contribution in [2.75, 3.05) is 65.6 Å². The molecule has 7 heteroatoms. The molecular weight excluding hydrogens is 392 g/mol. The summed E-state index contributed by atoms with van der Waals surface area (Å²) in [6.45, 7) is 10.9. The van der Waals surface area contributed by atoms with Crippen molar-refractivity contribution in [2.24, 2.45) is 0 Å². The Hall–Kier alpha value is -2.19. The molecule has 1 atom stereocenters. The number of hydrogen-bond acceptors (Lipinski definition) is 6. The number of benzene rings is 1. The Kier molecular flexibility index (Phi) is 7.75. The van der Waals surface area contributed by atoms with Gasteiger partial charge in [-0.15, -0.1) is 0 Å². The number of nitrogens with one attached hydrogen (secondary N) is 1. The van der Waals surface area contributed by atoms with Gasteiger partial charge in [0, 0.05) is 52.4 Å². The van der Waals surface area contributed by atoms with Gasteiger partial charge in [0.1, 0.15) is 11.5 Å². The largest absolute Gasteiger partial charge is 0.465 e. The second-order valence-corrected chi connectivity index (χ2v) is 8.45. The van der Waals surface area contributed by atoms with Gasteiger partial charge in [0.25, 0.3) is 0 Å². The third kappa shape index (κ3) is 6.40. The summed E-state index contributed by atoms with van der Waals surface area (Å²) < 4.78 is 11.4. The van der Waals surface area contributed by atoms with Crippen LogP contribution >= 0.6 is 0 Å². The SMILES string of the molecule is Cc1ccc(C(CNC(=O)CN2CCN(Cc3ccccc3)CC2)N2CCOCC2)o1. The van der Waals surface area contributed by atoms with Crippen molar-refractivity contribution >= 4 is 5.91 Å². The maximum Gasteiger partial charge on any atom is 0.234 e. The van der Waals surface area contributed by atoms with Crippen LogP contribution in [-0.4, -0.2) is 86.2 Å². The Morgan fingerprint density at radius 2 is 1.68 bits per heavy atom. The molecule has 168 valence electrons. The molecule has 0 saturated carbocycles. The second kappa shape index (κ2) is 10.9. The number of piperazine rings is 1. The number of carbonyl (C=O) groups is 1. The van der Waals surface area contributed by atoms with E-state index in [0.717, 1.165) is 70.5 Å².